The Morgan fingerprint density at radius 2 is 2.05 bits per heavy atom. The van der Waals surface area contributed by atoms with E-state index in [-0.39, 0.29) is 16.7 Å². The number of halogens is 4. The van der Waals surface area contributed by atoms with E-state index in [2.05, 4.69) is 26.2 Å². The van der Waals surface area contributed by atoms with Crippen molar-refractivity contribution >= 4 is 44.9 Å². The molecule has 21 heavy (non-hydrogen) atoms. The maximum Gasteiger partial charge on any atom is 0.240 e. The molecule has 0 saturated heterocycles. The van der Waals surface area contributed by atoms with Gasteiger partial charge in [0.2, 0.25) is 5.88 Å². The lowest BCUT2D eigenvalue weighted by Gasteiger charge is -2.11. The van der Waals surface area contributed by atoms with E-state index in [9.17, 15) is 4.39 Å². The largest absolute Gasteiger partial charge is 0.437 e. The van der Waals surface area contributed by atoms with Gasteiger partial charge in [0.25, 0.3) is 0 Å². The third kappa shape index (κ3) is 4.22. The minimum Gasteiger partial charge on any atom is -0.437 e. The van der Waals surface area contributed by atoms with E-state index in [1.807, 2.05) is 6.92 Å². The molecule has 0 aliphatic rings. The zero-order valence-electron chi connectivity index (χ0n) is 11.1. The standard InChI is InChI=1S/C14H12BrCl2FN2O/c1-2-5-19-13-10(16)7-11(17)14(20-13)21-8-3-4-12(18)9(15)6-8/h3-4,6-7H,2,5H2,1H3,(H,19,20). The number of benzene rings is 1. The van der Waals surface area contributed by atoms with Crippen LogP contribution in [0.2, 0.25) is 10.0 Å². The van der Waals surface area contributed by atoms with Crippen LogP contribution in [-0.2, 0) is 0 Å². The molecule has 0 fully saturated rings. The van der Waals surface area contributed by atoms with Crippen LogP contribution in [0.3, 0.4) is 0 Å². The minimum absolute atomic E-state index is 0.207. The number of rotatable bonds is 5. The number of hydrogen-bond donors (Lipinski definition) is 1. The number of hydrogen-bond acceptors (Lipinski definition) is 3. The maximum absolute atomic E-state index is 13.2. The summed E-state index contributed by atoms with van der Waals surface area (Å²) in [5, 5.41) is 3.78. The zero-order valence-corrected chi connectivity index (χ0v) is 14.2. The molecule has 2 rings (SSSR count). The van der Waals surface area contributed by atoms with E-state index in [0.717, 1.165) is 13.0 Å². The normalized spacial score (nSPS) is 10.5. The van der Waals surface area contributed by atoms with Gasteiger partial charge in [-0.3, -0.25) is 0 Å². The van der Waals surface area contributed by atoms with Crippen LogP contribution in [0.4, 0.5) is 10.2 Å². The van der Waals surface area contributed by atoms with Crippen molar-refractivity contribution < 1.29 is 9.13 Å². The van der Waals surface area contributed by atoms with Gasteiger partial charge in [0, 0.05) is 6.54 Å². The van der Waals surface area contributed by atoms with Crippen LogP contribution < -0.4 is 10.1 Å². The predicted octanol–water partition coefficient (Wildman–Crippen LogP) is 5.90. The molecule has 2 aromatic rings. The second-order valence-corrected chi connectivity index (χ2v) is 5.88. The van der Waals surface area contributed by atoms with Crippen molar-refractivity contribution in [1.82, 2.24) is 4.98 Å². The first-order chi connectivity index (χ1) is 10.0. The number of anilines is 1. The van der Waals surface area contributed by atoms with Gasteiger partial charge in [-0.05, 0) is 46.6 Å². The highest BCUT2D eigenvalue weighted by Gasteiger charge is 2.12. The average molecular weight is 394 g/mol. The Labute approximate surface area is 140 Å². The molecule has 0 atom stereocenters. The minimum atomic E-state index is -0.372. The Hall–Kier alpha value is -1.04. The van der Waals surface area contributed by atoms with E-state index in [1.165, 1.54) is 18.2 Å². The number of ether oxygens (including phenoxy) is 1. The lowest BCUT2D eigenvalue weighted by atomic mass is 10.3. The van der Waals surface area contributed by atoms with Crippen molar-refractivity contribution in [1.29, 1.82) is 0 Å². The first kappa shape index (κ1) is 16.3. The van der Waals surface area contributed by atoms with Gasteiger partial charge in [0.1, 0.15) is 22.4 Å². The van der Waals surface area contributed by atoms with E-state index in [0.29, 0.717) is 21.1 Å². The molecule has 0 unspecified atom stereocenters. The SMILES string of the molecule is CCCNc1nc(Oc2ccc(F)c(Br)c2)c(Cl)cc1Cl. The predicted molar refractivity (Wildman–Crippen MR) is 87.2 cm³/mol. The molecule has 1 heterocycles. The topological polar surface area (TPSA) is 34.2 Å². The van der Waals surface area contributed by atoms with Gasteiger partial charge in [-0.15, -0.1) is 0 Å². The number of nitrogens with zero attached hydrogens (tertiary/aromatic N) is 1. The molecular weight excluding hydrogens is 382 g/mol. The van der Waals surface area contributed by atoms with Gasteiger partial charge in [0.05, 0.1) is 9.50 Å². The Bertz CT molecular complexity index is 655. The van der Waals surface area contributed by atoms with Crippen LogP contribution in [0.1, 0.15) is 13.3 Å². The van der Waals surface area contributed by atoms with Crippen LogP contribution in [-0.4, -0.2) is 11.5 Å². The van der Waals surface area contributed by atoms with Crippen LogP contribution in [0.15, 0.2) is 28.7 Å². The Kier molecular flexibility index (Phi) is 5.67. The van der Waals surface area contributed by atoms with E-state index in [1.54, 1.807) is 6.07 Å². The average Bonchev–Trinajstić information content (AvgIpc) is 2.44. The molecule has 0 amide bonds. The molecule has 0 saturated carbocycles. The lowest BCUT2D eigenvalue weighted by Crippen LogP contribution is -2.03. The van der Waals surface area contributed by atoms with Gasteiger partial charge in [-0.1, -0.05) is 30.1 Å². The quantitative estimate of drug-likeness (QED) is 0.686. The highest BCUT2D eigenvalue weighted by Crippen LogP contribution is 2.34. The summed E-state index contributed by atoms with van der Waals surface area (Å²) in [7, 11) is 0. The lowest BCUT2D eigenvalue weighted by molar-refractivity contribution is 0.461. The van der Waals surface area contributed by atoms with Crippen molar-refractivity contribution in [3.8, 4) is 11.6 Å². The Morgan fingerprint density at radius 3 is 2.71 bits per heavy atom. The third-order valence-corrected chi connectivity index (χ3v) is 3.71. The molecule has 1 aromatic heterocycles. The van der Waals surface area contributed by atoms with E-state index >= 15 is 0 Å². The fraction of sp³-hybridized carbons (Fsp3) is 0.214. The molecule has 0 spiro atoms. The van der Waals surface area contributed by atoms with Crippen LogP contribution in [0.25, 0.3) is 0 Å². The fourth-order valence-electron chi connectivity index (χ4n) is 1.54. The summed E-state index contributed by atoms with van der Waals surface area (Å²) < 4.78 is 19.1. The summed E-state index contributed by atoms with van der Waals surface area (Å²) >= 11 is 15.2. The highest BCUT2D eigenvalue weighted by atomic mass is 79.9. The van der Waals surface area contributed by atoms with E-state index in [4.69, 9.17) is 27.9 Å². The van der Waals surface area contributed by atoms with Crippen molar-refractivity contribution in [2.45, 2.75) is 13.3 Å². The summed E-state index contributed by atoms with van der Waals surface area (Å²) in [5.74, 6) is 0.751. The summed E-state index contributed by atoms with van der Waals surface area (Å²) in [6.45, 7) is 2.76. The van der Waals surface area contributed by atoms with Gasteiger partial charge >= 0.3 is 0 Å². The third-order valence-electron chi connectivity index (χ3n) is 2.55. The Morgan fingerprint density at radius 1 is 1.29 bits per heavy atom. The first-order valence-electron chi connectivity index (χ1n) is 6.24. The summed E-state index contributed by atoms with van der Waals surface area (Å²) in [6, 6.07) is 5.84. The molecule has 0 radical (unpaired) electrons. The molecule has 7 heteroatoms. The molecule has 0 bridgehead atoms. The maximum atomic E-state index is 13.2. The van der Waals surface area contributed by atoms with Gasteiger partial charge in [-0.25, -0.2) is 4.39 Å². The number of nitrogens with one attached hydrogen (secondary N) is 1. The van der Waals surface area contributed by atoms with Crippen LogP contribution in [0.5, 0.6) is 11.6 Å². The number of pyridine rings is 1. The molecule has 3 nitrogen and oxygen atoms in total. The molecule has 1 N–H and O–H groups in total. The number of aromatic nitrogens is 1. The van der Waals surface area contributed by atoms with Crippen molar-refractivity contribution in [3.63, 3.8) is 0 Å². The second-order valence-electron chi connectivity index (χ2n) is 4.21. The van der Waals surface area contributed by atoms with E-state index < -0.39 is 0 Å². The Balaban J connectivity index is 2.28. The monoisotopic (exact) mass is 392 g/mol. The van der Waals surface area contributed by atoms with Crippen molar-refractivity contribution in [2.75, 3.05) is 11.9 Å². The smallest absolute Gasteiger partial charge is 0.240 e. The summed E-state index contributed by atoms with van der Waals surface area (Å²) in [4.78, 5) is 4.25. The highest BCUT2D eigenvalue weighted by molar-refractivity contribution is 9.10. The van der Waals surface area contributed by atoms with Crippen LogP contribution >= 0.6 is 39.1 Å². The molecule has 0 aliphatic heterocycles. The molecule has 0 aliphatic carbocycles. The van der Waals surface area contributed by atoms with Crippen LogP contribution in [0, 0.1) is 5.82 Å². The zero-order chi connectivity index (χ0) is 15.4. The second kappa shape index (κ2) is 7.29. The van der Waals surface area contributed by atoms with Crippen molar-refractivity contribution in [2.24, 2.45) is 0 Å². The summed E-state index contributed by atoms with van der Waals surface area (Å²) in [6.07, 6.45) is 0.932. The summed E-state index contributed by atoms with van der Waals surface area (Å²) in [5.41, 5.74) is 0. The molecule has 112 valence electrons. The van der Waals surface area contributed by atoms with Crippen molar-refractivity contribution in [3.05, 3.63) is 44.6 Å². The molecular formula is C14H12BrCl2FN2O. The fourth-order valence-corrected chi connectivity index (χ4v) is 2.36. The van der Waals surface area contributed by atoms with Gasteiger partial charge in [0.15, 0.2) is 0 Å². The van der Waals surface area contributed by atoms with Gasteiger partial charge < -0.3 is 10.1 Å². The molecule has 1 aromatic carbocycles. The first-order valence-corrected chi connectivity index (χ1v) is 7.79. The van der Waals surface area contributed by atoms with Gasteiger partial charge in [-0.2, -0.15) is 4.98 Å².